The van der Waals surface area contributed by atoms with Crippen molar-refractivity contribution >= 4 is 11.6 Å². The number of epoxide rings is 1. The van der Waals surface area contributed by atoms with Crippen LogP contribution in [0.2, 0.25) is 5.02 Å². The number of phenols is 2. The van der Waals surface area contributed by atoms with Crippen LogP contribution in [0.4, 0.5) is 0 Å². The molecule has 0 amide bonds. The van der Waals surface area contributed by atoms with Crippen LogP contribution >= 0.6 is 11.6 Å². The zero-order chi connectivity index (χ0) is 9.84. The fourth-order valence-electron chi connectivity index (χ4n) is 0.597. The van der Waals surface area contributed by atoms with Crippen molar-refractivity contribution in [3.8, 4) is 11.5 Å². The zero-order valence-electron chi connectivity index (χ0n) is 7.20. The summed E-state index contributed by atoms with van der Waals surface area (Å²) in [7, 11) is 0. The first kappa shape index (κ1) is 10.2. The Hall–Kier alpha value is -0.930. The Labute approximate surface area is 81.5 Å². The minimum Gasteiger partial charge on any atom is -0.508 e. The summed E-state index contributed by atoms with van der Waals surface area (Å²) >= 11 is 5.42. The standard InChI is InChI=1S/C6H5ClO2.C3H6O/c7-5-2-1-4(8)3-6(5)9;1-3-2-4-3/h1-3,8-9H;3H,2H2,1H3. The fraction of sp³-hybridized carbons (Fsp3) is 0.333. The molecular formula is C9H11ClO3. The highest BCUT2D eigenvalue weighted by Gasteiger charge is 2.13. The lowest BCUT2D eigenvalue weighted by Crippen LogP contribution is -1.66. The van der Waals surface area contributed by atoms with E-state index in [4.69, 9.17) is 26.6 Å². The van der Waals surface area contributed by atoms with Gasteiger partial charge in [-0.3, -0.25) is 0 Å². The second kappa shape index (κ2) is 4.35. The lowest BCUT2D eigenvalue weighted by Gasteiger charge is -1.94. The first-order valence-corrected chi connectivity index (χ1v) is 4.26. The summed E-state index contributed by atoms with van der Waals surface area (Å²) in [5.41, 5.74) is 0. The van der Waals surface area contributed by atoms with Crippen LogP contribution < -0.4 is 0 Å². The molecule has 1 aliphatic rings. The number of halogens is 1. The van der Waals surface area contributed by atoms with Crippen LogP contribution in [0.1, 0.15) is 6.92 Å². The molecular weight excluding hydrogens is 192 g/mol. The van der Waals surface area contributed by atoms with E-state index in [1.807, 2.05) is 0 Å². The number of hydrogen-bond donors (Lipinski definition) is 2. The van der Waals surface area contributed by atoms with Crippen molar-refractivity contribution < 1.29 is 14.9 Å². The summed E-state index contributed by atoms with van der Waals surface area (Å²) in [5.74, 6) is -0.0893. The molecule has 72 valence electrons. The minimum atomic E-state index is -0.100. The Kier molecular flexibility index (Phi) is 3.39. The second-order valence-corrected chi connectivity index (χ2v) is 3.19. The first-order chi connectivity index (χ1) is 6.09. The van der Waals surface area contributed by atoms with Crippen LogP contribution in [0, 0.1) is 0 Å². The highest BCUT2D eigenvalue weighted by Crippen LogP contribution is 2.26. The van der Waals surface area contributed by atoms with E-state index in [1.165, 1.54) is 18.2 Å². The maximum Gasteiger partial charge on any atom is 0.137 e. The van der Waals surface area contributed by atoms with Gasteiger partial charge in [-0.1, -0.05) is 11.6 Å². The molecule has 0 spiro atoms. The summed E-state index contributed by atoms with van der Waals surface area (Å²) in [6.45, 7) is 3.04. The lowest BCUT2D eigenvalue weighted by molar-refractivity contribution is 0.423. The number of aromatic hydroxyl groups is 2. The van der Waals surface area contributed by atoms with E-state index in [0.717, 1.165) is 6.61 Å². The van der Waals surface area contributed by atoms with Gasteiger partial charge in [-0.05, 0) is 19.1 Å². The summed E-state index contributed by atoms with van der Waals surface area (Å²) in [6.07, 6.45) is 0.583. The Balaban J connectivity index is 0.000000175. The maximum absolute atomic E-state index is 8.81. The number of phenolic OH excluding ortho intramolecular Hbond substituents is 2. The maximum atomic E-state index is 8.81. The van der Waals surface area contributed by atoms with E-state index < -0.39 is 0 Å². The molecule has 1 aliphatic heterocycles. The number of hydrogen-bond acceptors (Lipinski definition) is 3. The summed E-state index contributed by atoms with van der Waals surface area (Å²) in [6, 6.07) is 4.01. The van der Waals surface area contributed by atoms with Crippen molar-refractivity contribution in [1.29, 1.82) is 0 Å². The molecule has 0 radical (unpaired) electrons. The normalized spacial score (nSPS) is 18.8. The van der Waals surface area contributed by atoms with Gasteiger partial charge < -0.3 is 14.9 Å². The van der Waals surface area contributed by atoms with Gasteiger partial charge in [-0.2, -0.15) is 0 Å². The minimum absolute atomic E-state index is 0.0110. The van der Waals surface area contributed by atoms with Crippen molar-refractivity contribution in [2.24, 2.45) is 0 Å². The van der Waals surface area contributed by atoms with Crippen molar-refractivity contribution in [3.63, 3.8) is 0 Å². The molecule has 0 aromatic heterocycles. The molecule has 1 fully saturated rings. The number of benzene rings is 1. The van der Waals surface area contributed by atoms with Crippen LogP contribution in [0.15, 0.2) is 18.2 Å². The topological polar surface area (TPSA) is 53.0 Å². The summed E-state index contributed by atoms with van der Waals surface area (Å²) in [5, 5.41) is 17.8. The van der Waals surface area contributed by atoms with Gasteiger partial charge in [0.2, 0.25) is 0 Å². The molecule has 1 saturated heterocycles. The third-order valence-electron chi connectivity index (χ3n) is 1.43. The largest absolute Gasteiger partial charge is 0.508 e. The van der Waals surface area contributed by atoms with Gasteiger partial charge in [0.1, 0.15) is 11.5 Å². The second-order valence-electron chi connectivity index (χ2n) is 2.78. The van der Waals surface area contributed by atoms with Gasteiger partial charge in [-0.15, -0.1) is 0 Å². The SMILES string of the molecule is CC1CO1.Oc1ccc(Cl)c(O)c1. The number of rotatable bonds is 0. The van der Waals surface area contributed by atoms with Gasteiger partial charge in [-0.25, -0.2) is 0 Å². The fourth-order valence-corrected chi connectivity index (χ4v) is 0.715. The average molecular weight is 203 g/mol. The summed E-state index contributed by atoms with van der Waals surface area (Å²) in [4.78, 5) is 0. The monoisotopic (exact) mass is 202 g/mol. The summed E-state index contributed by atoms with van der Waals surface area (Å²) < 4.78 is 4.71. The molecule has 1 aromatic carbocycles. The van der Waals surface area contributed by atoms with E-state index in [-0.39, 0.29) is 16.5 Å². The Bertz CT molecular complexity index is 284. The van der Waals surface area contributed by atoms with Crippen LogP contribution in [0.25, 0.3) is 0 Å². The smallest absolute Gasteiger partial charge is 0.137 e. The highest BCUT2D eigenvalue weighted by molar-refractivity contribution is 6.32. The molecule has 4 heteroatoms. The molecule has 2 N–H and O–H groups in total. The molecule has 2 rings (SSSR count). The molecule has 1 heterocycles. The Morgan fingerprint density at radius 2 is 2.00 bits per heavy atom. The van der Waals surface area contributed by atoms with Gasteiger partial charge in [0, 0.05) is 6.07 Å². The van der Waals surface area contributed by atoms with Crippen LogP contribution in [0.5, 0.6) is 11.5 Å². The average Bonchev–Trinajstić information content (AvgIpc) is 2.82. The molecule has 1 unspecified atom stereocenters. The van der Waals surface area contributed by atoms with Crippen molar-refractivity contribution in [2.45, 2.75) is 13.0 Å². The van der Waals surface area contributed by atoms with Gasteiger partial charge >= 0.3 is 0 Å². The molecule has 13 heavy (non-hydrogen) atoms. The highest BCUT2D eigenvalue weighted by atomic mass is 35.5. The van der Waals surface area contributed by atoms with Crippen LogP contribution in [-0.4, -0.2) is 22.9 Å². The van der Waals surface area contributed by atoms with Crippen molar-refractivity contribution in [2.75, 3.05) is 6.61 Å². The van der Waals surface area contributed by atoms with E-state index >= 15 is 0 Å². The molecule has 3 nitrogen and oxygen atoms in total. The Morgan fingerprint density at radius 1 is 1.46 bits per heavy atom. The molecule has 0 bridgehead atoms. The molecule has 0 aliphatic carbocycles. The van der Waals surface area contributed by atoms with Gasteiger partial charge in [0.25, 0.3) is 0 Å². The molecule has 1 aromatic rings. The predicted molar refractivity (Wildman–Crippen MR) is 50.2 cm³/mol. The predicted octanol–water partition coefficient (Wildman–Crippen LogP) is 2.16. The van der Waals surface area contributed by atoms with Crippen molar-refractivity contribution in [3.05, 3.63) is 23.2 Å². The quantitative estimate of drug-likeness (QED) is 0.634. The first-order valence-electron chi connectivity index (χ1n) is 3.88. The lowest BCUT2D eigenvalue weighted by atomic mass is 10.3. The zero-order valence-corrected chi connectivity index (χ0v) is 7.95. The van der Waals surface area contributed by atoms with E-state index in [0.29, 0.717) is 6.10 Å². The van der Waals surface area contributed by atoms with E-state index in [9.17, 15) is 0 Å². The third-order valence-corrected chi connectivity index (χ3v) is 1.75. The Morgan fingerprint density at radius 3 is 2.31 bits per heavy atom. The third kappa shape index (κ3) is 4.01. The van der Waals surface area contributed by atoms with Gasteiger partial charge in [0.05, 0.1) is 17.7 Å². The molecule has 1 atom stereocenters. The van der Waals surface area contributed by atoms with E-state index in [1.54, 1.807) is 0 Å². The van der Waals surface area contributed by atoms with Crippen LogP contribution in [-0.2, 0) is 4.74 Å². The van der Waals surface area contributed by atoms with Gasteiger partial charge in [0.15, 0.2) is 0 Å². The molecule has 0 saturated carbocycles. The van der Waals surface area contributed by atoms with Crippen molar-refractivity contribution in [1.82, 2.24) is 0 Å². The number of ether oxygens (including phenoxy) is 1. The van der Waals surface area contributed by atoms with Crippen LogP contribution in [0.3, 0.4) is 0 Å². The van der Waals surface area contributed by atoms with E-state index in [2.05, 4.69) is 6.92 Å².